The summed E-state index contributed by atoms with van der Waals surface area (Å²) in [6.45, 7) is 4.02. The van der Waals surface area contributed by atoms with Crippen molar-refractivity contribution in [1.82, 2.24) is 19.5 Å². The summed E-state index contributed by atoms with van der Waals surface area (Å²) in [5.74, 6) is 0.933. The molecule has 1 N–H and O–H groups in total. The van der Waals surface area contributed by atoms with E-state index in [0.29, 0.717) is 0 Å². The van der Waals surface area contributed by atoms with Crippen LogP contribution in [0.4, 0.5) is 0 Å². The molecule has 1 fully saturated rings. The second-order valence-electron chi connectivity index (χ2n) is 6.39. The predicted molar refractivity (Wildman–Crippen MR) is 101 cm³/mol. The lowest BCUT2D eigenvalue weighted by Gasteiger charge is -2.34. The lowest BCUT2D eigenvalue weighted by molar-refractivity contribution is 0.186. The third-order valence-corrected chi connectivity index (χ3v) is 6.18. The average molecular weight is 377 g/mol. The van der Waals surface area contributed by atoms with Gasteiger partial charge in [0.15, 0.2) is 5.82 Å². The lowest BCUT2D eigenvalue weighted by atomic mass is 10.0. The van der Waals surface area contributed by atoms with Gasteiger partial charge in [0.05, 0.1) is 10.9 Å². The van der Waals surface area contributed by atoms with Gasteiger partial charge in [-0.3, -0.25) is 4.90 Å². The van der Waals surface area contributed by atoms with Crippen LogP contribution in [0.5, 0.6) is 5.88 Å². The van der Waals surface area contributed by atoms with E-state index < -0.39 is 0 Å². The van der Waals surface area contributed by atoms with Crippen molar-refractivity contribution < 1.29 is 5.11 Å². The SMILES string of the molecule is CCc1nc2sc([C@@H](c3ccccc3Cl)N3CCCCC3)c(O)n2n1. The molecule has 5 nitrogen and oxygen atoms in total. The van der Waals surface area contributed by atoms with Crippen LogP contribution in [0.2, 0.25) is 5.02 Å². The Bertz CT molecular complexity index is 884. The topological polar surface area (TPSA) is 53.7 Å². The van der Waals surface area contributed by atoms with Crippen LogP contribution in [0.1, 0.15) is 48.5 Å². The zero-order valence-electron chi connectivity index (χ0n) is 14.2. The molecule has 3 aromatic rings. The van der Waals surface area contributed by atoms with Gasteiger partial charge in [-0.25, -0.2) is 4.98 Å². The summed E-state index contributed by atoms with van der Waals surface area (Å²) in [6, 6.07) is 7.84. The summed E-state index contributed by atoms with van der Waals surface area (Å²) in [5.41, 5.74) is 1.03. The fraction of sp³-hybridized carbons (Fsp3) is 0.444. The molecule has 0 amide bonds. The number of aromatic hydroxyl groups is 1. The van der Waals surface area contributed by atoms with Gasteiger partial charge in [-0.2, -0.15) is 4.52 Å². The molecule has 3 heterocycles. The Morgan fingerprint density at radius 1 is 1.24 bits per heavy atom. The fourth-order valence-corrected chi connectivity index (χ4v) is 4.86. The van der Waals surface area contributed by atoms with Crippen molar-refractivity contribution in [3.63, 3.8) is 0 Å². The number of nitrogens with zero attached hydrogens (tertiary/aromatic N) is 4. The van der Waals surface area contributed by atoms with E-state index in [1.807, 2.05) is 25.1 Å². The largest absolute Gasteiger partial charge is 0.492 e. The molecular formula is C18H21ClN4OS. The molecule has 0 aliphatic carbocycles. The van der Waals surface area contributed by atoms with E-state index in [1.54, 1.807) is 4.52 Å². The minimum Gasteiger partial charge on any atom is -0.492 e. The number of rotatable bonds is 4. The van der Waals surface area contributed by atoms with E-state index in [-0.39, 0.29) is 11.9 Å². The van der Waals surface area contributed by atoms with Crippen LogP contribution in [0, 0.1) is 0 Å². The molecule has 1 aliphatic rings. The maximum atomic E-state index is 10.9. The van der Waals surface area contributed by atoms with Gasteiger partial charge < -0.3 is 5.11 Å². The Hall–Kier alpha value is -1.63. The van der Waals surface area contributed by atoms with Crippen LogP contribution < -0.4 is 0 Å². The van der Waals surface area contributed by atoms with Crippen LogP contribution in [0.15, 0.2) is 24.3 Å². The van der Waals surface area contributed by atoms with Gasteiger partial charge in [-0.1, -0.05) is 54.5 Å². The highest BCUT2D eigenvalue weighted by Crippen LogP contribution is 2.42. The van der Waals surface area contributed by atoms with Crippen molar-refractivity contribution in [2.24, 2.45) is 0 Å². The molecule has 0 bridgehead atoms. The van der Waals surface area contributed by atoms with E-state index >= 15 is 0 Å². The Balaban J connectivity index is 1.84. The maximum absolute atomic E-state index is 10.9. The summed E-state index contributed by atoms with van der Waals surface area (Å²) in [6.07, 6.45) is 4.35. The van der Waals surface area contributed by atoms with E-state index in [2.05, 4.69) is 21.0 Å². The highest BCUT2D eigenvalue weighted by Gasteiger charge is 2.31. The molecule has 1 aliphatic heterocycles. The normalized spacial score (nSPS) is 17.2. The summed E-state index contributed by atoms with van der Waals surface area (Å²) >= 11 is 8.02. The molecule has 0 unspecified atom stereocenters. The van der Waals surface area contributed by atoms with Crippen molar-refractivity contribution in [1.29, 1.82) is 0 Å². The van der Waals surface area contributed by atoms with Crippen molar-refractivity contribution in [3.05, 3.63) is 45.6 Å². The van der Waals surface area contributed by atoms with Gasteiger partial charge >= 0.3 is 0 Å². The van der Waals surface area contributed by atoms with Crippen LogP contribution in [-0.2, 0) is 6.42 Å². The smallest absolute Gasteiger partial charge is 0.230 e. The van der Waals surface area contributed by atoms with Gasteiger partial charge in [0.1, 0.15) is 0 Å². The monoisotopic (exact) mass is 376 g/mol. The highest BCUT2D eigenvalue weighted by molar-refractivity contribution is 7.17. The van der Waals surface area contributed by atoms with Crippen LogP contribution in [-0.4, -0.2) is 37.7 Å². The van der Waals surface area contributed by atoms with E-state index in [1.165, 1.54) is 30.6 Å². The number of fused-ring (bicyclic) bond motifs is 1. The first kappa shape index (κ1) is 16.8. The number of hydrogen-bond acceptors (Lipinski definition) is 5. The maximum Gasteiger partial charge on any atom is 0.230 e. The van der Waals surface area contributed by atoms with Crippen molar-refractivity contribution >= 4 is 27.9 Å². The van der Waals surface area contributed by atoms with Gasteiger partial charge in [-0.05, 0) is 37.6 Å². The Morgan fingerprint density at radius 3 is 2.68 bits per heavy atom. The Labute approximate surface area is 155 Å². The molecule has 1 aromatic carbocycles. The highest BCUT2D eigenvalue weighted by atomic mass is 35.5. The first-order valence-corrected chi connectivity index (χ1v) is 9.94. The Kier molecular flexibility index (Phi) is 4.67. The van der Waals surface area contributed by atoms with Gasteiger partial charge in [0, 0.05) is 11.4 Å². The average Bonchev–Trinajstić information content (AvgIpc) is 3.18. The van der Waals surface area contributed by atoms with Crippen molar-refractivity contribution in [2.75, 3.05) is 13.1 Å². The van der Waals surface area contributed by atoms with E-state index in [9.17, 15) is 5.11 Å². The molecule has 1 atom stereocenters. The number of aromatic nitrogens is 3. The van der Waals surface area contributed by atoms with Gasteiger partial charge in [0.2, 0.25) is 10.8 Å². The first-order valence-electron chi connectivity index (χ1n) is 8.74. The molecular weight excluding hydrogens is 356 g/mol. The number of hydrogen-bond donors (Lipinski definition) is 1. The number of thiazole rings is 1. The van der Waals surface area contributed by atoms with Gasteiger partial charge in [-0.15, -0.1) is 5.10 Å². The van der Waals surface area contributed by atoms with Crippen molar-refractivity contribution in [3.8, 4) is 5.88 Å². The summed E-state index contributed by atoms with van der Waals surface area (Å²) in [4.78, 5) is 8.53. The minimum atomic E-state index is -0.0624. The number of halogens is 1. The third-order valence-electron chi connectivity index (χ3n) is 4.76. The minimum absolute atomic E-state index is 0.0624. The second kappa shape index (κ2) is 6.94. The molecule has 132 valence electrons. The van der Waals surface area contributed by atoms with Crippen LogP contribution >= 0.6 is 22.9 Å². The number of aryl methyl sites for hydroxylation is 1. The Morgan fingerprint density at radius 2 is 2.00 bits per heavy atom. The predicted octanol–water partition coefficient (Wildman–Crippen LogP) is 4.29. The third kappa shape index (κ3) is 3.03. The lowest BCUT2D eigenvalue weighted by Crippen LogP contribution is -2.34. The first-order chi connectivity index (χ1) is 12.2. The number of likely N-dealkylation sites (tertiary alicyclic amines) is 1. The summed E-state index contributed by atoms with van der Waals surface area (Å²) in [7, 11) is 0. The van der Waals surface area contributed by atoms with E-state index in [4.69, 9.17) is 11.6 Å². The molecule has 2 aromatic heterocycles. The van der Waals surface area contributed by atoms with Crippen LogP contribution in [0.25, 0.3) is 4.96 Å². The van der Waals surface area contributed by atoms with Crippen molar-refractivity contribution in [2.45, 2.75) is 38.6 Å². The van der Waals surface area contributed by atoms with E-state index in [0.717, 1.165) is 45.8 Å². The molecule has 0 saturated carbocycles. The molecule has 0 radical (unpaired) electrons. The van der Waals surface area contributed by atoms with Crippen LogP contribution in [0.3, 0.4) is 0 Å². The molecule has 7 heteroatoms. The summed E-state index contributed by atoms with van der Waals surface area (Å²) in [5, 5.41) is 16.0. The number of piperidine rings is 1. The van der Waals surface area contributed by atoms with Gasteiger partial charge in [0.25, 0.3) is 0 Å². The molecule has 0 spiro atoms. The summed E-state index contributed by atoms with van der Waals surface area (Å²) < 4.78 is 1.56. The zero-order chi connectivity index (χ0) is 17.4. The molecule has 1 saturated heterocycles. The molecule has 25 heavy (non-hydrogen) atoms. The quantitative estimate of drug-likeness (QED) is 0.738. The standard InChI is InChI=1S/C18H21ClN4OS/c1-2-14-20-18-23(21-14)17(24)16(25-18)15(22-10-6-3-7-11-22)12-8-4-5-9-13(12)19/h4-5,8-9,15,24H,2-3,6-7,10-11H2,1H3/t15-/m1/s1. The fourth-order valence-electron chi connectivity index (χ4n) is 3.50. The number of benzene rings is 1. The second-order valence-corrected chi connectivity index (χ2v) is 7.80. The zero-order valence-corrected chi connectivity index (χ0v) is 15.7. The molecule has 4 rings (SSSR count).